The van der Waals surface area contributed by atoms with Crippen LogP contribution in [0.3, 0.4) is 0 Å². The lowest BCUT2D eigenvalue weighted by molar-refractivity contribution is -0.0581. The first-order valence-electron chi connectivity index (χ1n) is 10.6. The summed E-state index contributed by atoms with van der Waals surface area (Å²) in [5.74, 6) is 2.33. The number of ether oxygens (including phenoxy) is 1. The Balaban J connectivity index is 1.37. The summed E-state index contributed by atoms with van der Waals surface area (Å²) in [6, 6.07) is 9.28. The van der Waals surface area contributed by atoms with Gasteiger partial charge in [-0.3, -0.25) is 0 Å². The summed E-state index contributed by atoms with van der Waals surface area (Å²) in [4.78, 5) is 0. The zero-order valence-electron chi connectivity index (χ0n) is 16.1. The van der Waals surface area contributed by atoms with Gasteiger partial charge in [0.25, 0.3) is 0 Å². The molecule has 1 heteroatoms. The molecule has 0 radical (unpaired) electrons. The third-order valence-corrected chi connectivity index (χ3v) is 6.48. The molecule has 1 aliphatic heterocycles. The van der Waals surface area contributed by atoms with E-state index in [0.29, 0.717) is 6.10 Å². The minimum atomic E-state index is 0.537. The van der Waals surface area contributed by atoms with Crippen LogP contribution in [0, 0.1) is 17.8 Å². The number of rotatable bonds is 7. The molecule has 0 amide bonds. The van der Waals surface area contributed by atoms with Crippen LogP contribution < -0.4 is 0 Å². The summed E-state index contributed by atoms with van der Waals surface area (Å²) in [6.45, 7) is 7.19. The molecule has 1 aliphatic carbocycles. The van der Waals surface area contributed by atoms with E-state index in [9.17, 15) is 0 Å². The maximum absolute atomic E-state index is 6.31. The van der Waals surface area contributed by atoms with Crippen molar-refractivity contribution in [2.75, 3.05) is 6.61 Å². The molecule has 2 aliphatic rings. The van der Waals surface area contributed by atoms with Gasteiger partial charge >= 0.3 is 0 Å². The monoisotopic (exact) mass is 340 g/mol. The average Bonchev–Trinajstić information content (AvgIpc) is 2.68. The van der Waals surface area contributed by atoms with Gasteiger partial charge in [-0.25, -0.2) is 0 Å². The third kappa shape index (κ3) is 5.45. The molecule has 0 aromatic heterocycles. The van der Waals surface area contributed by atoms with Crippen LogP contribution in [0.2, 0.25) is 0 Å². The second-order valence-corrected chi connectivity index (χ2v) is 8.33. The zero-order valence-corrected chi connectivity index (χ0v) is 16.1. The Labute approximate surface area is 154 Å². The van der Waals surface area contributed by atoms with Gasteiger partial charge in [0.1, 0.15) is 0 Å². The van der Waals surface area contributed by atoms with Gasteiger partial charge in [-0.05, 0) is 86.7 Å². The highest BCUT2D eigenvalue weighted by molar-refractivity contribution is 5.22. The van der Waals surface area contributed by atoms with E-state index in [1.54, 1.807) is 0 Å². The Morgan fingerprint density at radius 2 is 1.64 bits per heavy atom. The topological polar surface area (TPSA) is 9.23 Å². The predicted molar refractivity (Wildman–Crippen MR) is 107 cm³/mol. The van der Waals surface area contributed by atoms with Crippen molar-refractivity contribution in [1.29, 1.82) is 0 Å². The average molecular weight is 341 g/mol. The molecule has 1 nitrogen and oxygen atoms in total. The molecule has 1 aromatic carbocycles. The van der Waals surface area contributed by atoms with Crippen LogP contribution in [0.5, 0.6) is 0 Å². The van der Waals surface area contributed by atoms with Crippen LogP contribution in [0.1, 0.15) is 69.4 Å². The maximum atomic E-state index is 6.31. The quantitative estimate of drug-likeness (QED) is 0.525. The summed E-state index contributed by atoms with van der Waals surface area (Å²) < 4.78 is 6.31. The molecule has 138 valence electrons. The highest BCUT2D eigenvalue weighted by Crippen LogP contribution is 2.36. The van der Waals surface area contributed by atoms with Crippen LogP contribution in [0.15, 0.2) is 36.9 Å². The molecule has 1 heterocycles. The van der Waals surface area contributed by atoms with Crippen molar-refractivity contribution in [3.05, 3.63) is 48.0 Å². The van der Waals surface area contributed by atoms with Gasteiger partial charge in [-0.1, -0.05) is 43.7 Å². The lowest BCUT2D eigenvalue weighted by Crippen LogP contribution is -2.34. The summed E-state index contributed by atoms with van der Waals surface area (Å²) in [6.07, 6.45) is 15.6. The predicted octanol–water partition coefficient (Wildman–Crippen LogP) is 6.36. The fourth-order valence-corrected chi connectivity index (χ4v) is 4.71. The molecule has 1 saturated carbocycles. The van der Waals surface area contributed by atoms with E-state index >= 15 is 0 Å². The van der Waals surface area contributed by atoms with Crippen molar-refractivity contribution >= 4 is 0 Å². The van der Waals surface area contributed by atoms with E-state index in [0.717, 1.165) is 24.4 Å². The minimum absolute atomic E-state index is 0.537. The first kappa shape index (κ1) is 18.7. The van der Waals surface area contributed by atoms with E-state index in [2.05, 4.69) is 43.8 Å². The third-order valence-electron chi connectivity index (χ3n) is 6.48. The molecular formula is C24H36O. The molecule has 25 heavy (non-hydrogen) atoms. The fourth-order valence-electron chi connectivity index (χ4n) is 4.71. The van der Waals surface area contributed by atoms with E-state index in [1.807, 2.05) is 0 Å². The Morgan fingerprint density at radius 1 is 0.960 bits per heavy atom. The Bertz CT molecular complexity index is 501. The summed E-state index contributed by atoms with van der Waals surface area (Å²) >= 11 is 0. The Hall–Kier alpha value is -1.08. The number of benzene rings is 1. The summed E-state index contributed by atoms with van der Waals surface area (Å²) in [7, 11) is 0. The van der Waals surface area contributed by atoms with Gasteiger partial charge in [-0.2, -0.15) is 0 Å². The molecule has 1 saturated heterocycles. The number of hydrogen-bond donors (Lipinski definition) is 0. The molecule has 2 unspecified atom stereocenters. The molecule has 0 spiro atoms. The van der Waals surface area contributed by atoms with Crippen LogP contribution in [-0.2, 0) is 17.6 Å². The molecule has 2 fully saturated rings. The first-order chi connectivity index (χ1) is 12.3. The molecular weight excluding hydrogens is 304 g/mol. The van der Waals surface area contributed by atoms with Gasteiger partial charge in [-0.15, -0.1) is 6.58 Å². The molecule has 3 rings (SSSR count). The second-order valence-electron chi connectivity index (χ2n) is 8.33. The molecule has 0 N–H and O–H groups in total. The van der Waals surface area contributed by atoms with E-state index in [1.165, 1.54) is 75.3 Å². The van der Waals surface area contributed by atoms with Gasteiger partial charge in [0.2, 0.25) is 0 Å². The number of aryl methyl sites for hydroxylation is 2. The summed E-state index contributed by atoms with van der Waals surface area (Å²) in [5.41, 5.74) is 2.96. The van der Waals surface area contributed by atoms with Crippen molar-refractivity contribution in [2.24, 2.45) is 17.8 Å². The number of hydrogen-bond acceptors (Lipinski definition) is 1. The van der Waals surface area contributed by atoms with E-state index in [4.69, 9.17) is 4.74 Å². The normalized spacial score (nSPS) is 30.1. The lowest BCUT2D eigenvalue weighted by atomic mass is 9.77. The maximum Gasteiger partial charge on any atom is 0.0603 e. The highest BCUT2D eigenvalue weighted by Gasteiger charge is 2.30. The van der Waals surface area contributed by atoms with Gasteiger partial charge in [0, 0.05) is 6.61 Å². The zero-order chi connectivity index (χ0) is 17.5. The largest absolute Gasteiger partial charge is 0.378 e. The van der Waals surface area contributed by atoms with Crippen molar-refractivity contribution in [3.63, 3.8) is 0 Å². The first-order valence-corrected chi connectivity index (χ1v) is 10.6. The van der Waals surface area contributed by atoms with Crippen LogP contribution in [0.4, 0.5) is 0 Å². The van der Waals surface area contributed by atoms with Gasteiger partial charge in [0.15, 0.2) is 0 Å². The van der Waals surface area contributed by atoms with E-state index in [-0.39, 0.29) is 0 Å². The second kappa shape index (κ2) is 9.57. The van der Waals surface area contributed by atoms with Gasteiger partial charge in [0.05, 0.1) is 6.10 Å². The van der Waals surface area contributed by atoms with Crippen molar-refractivity contribution in [3.8, 4) is 0 Å². The lowest BCUT2D eigenvalue weighted by Gasteiger charge is -2.37. The van der Waals surface area contributed by atoms with Crippen LogP contribution in [0.25, 0.3) is 0 Å². The fraction of sp³-hybridized carbons (Fsp3) is 0.667. The Kier molecular flexibility index (Phi) is 7.16. The SMILES string of the molecule is C=CC1CCC(C2CCC(CCc3ccc(CCC)cc3)CO2)CC1. The molecule has 2 atom stereocenters. The van der Waals surface area contributed by atoms with Crippen molar-refractivity contribution in [2.45, 2.75) is 77.2 Å². The minimum Gasteiger partial charge on any atom is -0.378 e. The standard InChI is InChI=1S/C24H36O/c1-3-5-20-6-8-21(9-7-20)10-11-22-14-17-24(25-18-22)23-15-12-19(4-2)13-16-23/h4,6-9,19,22-24H,2-3,5,10-18H2,1H3. The van der Waals surface area contributed by atoms with Gasteiger partial charge < -0.3 is 4.74 Å². The molecule has 1 aromatic rings. The number of allylic oxidation sites excluding steroid dienone is 1. The van der Waals surface area contributed by atoms with E-state index < -0.39 is 0 Å². The van der Waals surface area contributed by atoms with Crippen LogP contribution in [-0.4, -0.2) is 12.7 Å². The molecule has 0 bridgehead atoms. The van der Waals surface area contributed by atoms with Crippen molar-refractivity contribution < 1.29 is 4.74 Å². The summed E-state index contributed by atoms with van der Waals surface area (Å²) in [5, 5.41) is 0. The Morgan fingerprint density at radius 3 is 2.20 bits per heavy atom. The highest BCUT2D eigenvalue weighted by atomic mass is 16.5. The van der Waals surface area contributed by atoms with Crippen molar-refractivity contribution in [1.82, 2.24) is 0 Å². The smallest absolute Gasteiger partial charge is 0.0603 e. The van der Waals surface area contributed by atoms with Crippen LogP contribution >= 0.6 is 0 Å².